The molecule has 0 aliphatic carbocycles. The van der Waals surface area contributed by atoms with Gasteiger partial charge in [-0.2, -0.15) is 22.0 Å². The molecule has 0 bridgehead atoms. The largest absolute Gasteiger partial charge is 0.487 e. The quantitative estimate of drug-likeness (QED) is 0.113. The minimum absolute atomic E-state index is 0.119. The summed E-state index contributed by atoms with van der Waals surface area (Å²) in [6.45, 7) is 2.37. The van der Waals surface area contributed by atoms with Crippen LogP contribution in [0.15, 0.2) is 81.4 Å². The van der Waals surface area contributed by atoms with E-state index in [0.717, 1.165) is 15.4 Å². The number of carbonyl (C=O) groups excluding carboxylic acids is 1. The molecular formula is C29H28F5O5S+. The highest BCUT2D eigenvalue weighted by atomic mass is 32.2. The normalized spacial score (nSPS) is 15.2. The summed E-state index contributed by atoms with van der Waals surface area (Å²) in [4.78, 5) is 14.9. The smallest absolute Gasteiger partial charge is 0.456 e. The van der Waals surface area contributed by atoms with Gasteiger partial charge in [0, 0.05) is 31.2 Å². The van der Waals surface area contributed by atoms with Crippen molar-refractivity contribution >= 4 is 16.9 Å². The van der Waals surface area contributed by atoms with Gasteiger partial charge in [0.15, 0.2) is 32.8 Å². The first-order valence-electron chi connectivity index (χ1n) is 12.3. The molecule has 0 aromatic heterocycles. The summed E-state index contributed by atoms with van der Waals surface area (Å²) in [5, 5.41) is 0. The van der Waals surface area contributed by atoms with Gasteiger partial charge in [-0.25, -0.2) is 4.79 Å². The lowest BCUT2D eigenvalue weighted by molar-refractivity contribution is -0.292. The monoisotopic (exact) mass is 583 g/mol. The van der Waals surface area contributed by atoms with Crippen molar-refractivity contribution in [2.75, 3.05) is 26.9 Å². The minimum Gasteiger partial charge on any atom is -0.487 e. The second kappa shape index (κ2) is 11.7. The summed E-state index contributed by atoms with van der Waals surface area (Å²) < 4.78 is 86.9. The Kier molecular flexibility index (Phi) is 8.65. The van der Waals surface area contributed by atoms with Crippen LogP contribution in [-0.2, 0) is 26.8 Å². The number of rotatable bonds is 10. The summed E-state index contributed by atoms with van der Waals surface area (Å²) in [5.41, 5.74) is 0.275. The zero-order valence-electron chi connectivity index (χ0n) is 22.0. The van der Waals surface area contributed by atoms with Crippen LogP contribution in [0.25, 0.3) is 0 Å². The topological polar surface area (TPSA) is 54.0 Å². The van der Waals surface area contributed by atoms with Crippen molar-refractivity contribution in [1.82, 2.24) is 0 Å². The minimum atomic E-state index is -5.85. The van der Waals surface area contributed by atoms with Crippen LogP contribution in [0.5, 0.6) is 11.5 Å². The fourth-order valence-corrected chi connectivity index (χ4v) is 6.47. The fraction of sp³-hybridized carbons (Fsp3) is 0.345. The molecule has 3 aromatic rings. The number of benzene rings is 3. The number of hydrogen-bond acceptors (Lipinski definition) is 5. The molecule has 0 radical (unpaired) electrons. The van der Waals surface area contributed by atoms with Gasteiger partial charge in [-0.3, -0.25) is 0 Å². The number of hydrogen-bond donors (Lipinski definition) is 0. The van der Waals surface area contributed by atoms with E-state index in [2.05, 4.69) is 4.74 Å². The number of halogens is 5. The van der Waals surface area contributed by atoms with Crippen LogP contribution in [0.1, 0.15) is 29.8 Å². The Hall–Kier alpha value is -3.31. The van der Waals surface area contributed by atoms with Gasteiger partial charge in [0.25, 0.3) is 0 Å². The zero-order chi connectivity index (χ0) is 29.1. The van der Waals surface area contributed by atoms with E-state index < -0.39 is 41.2 Å². The Labute approximate surface area is 231 Å². The molecule has 5 nitrogen and oxygen atoms in total. The van der Waals surface area contributed by atoms with Gasteiger partial charge in [0.2, 0.25) is 0 Å². The third-order valence-electron chi connectivity index (χ3n) is 5.99. The Morgan fingerprint density at radius 2 is 1.62 bits per heavy atom. The summed E-state index contributed by atoms with van der Waals surface area (Å²) in [6, 6.07) is 19.0. The first-order chi connectivity index (χ1) is 18.8. The van der Waals surface area contributed by atoms with E-state index >= 15 is 0 Å². The van der Waals surface area contributed by atoms with Crippen LogP contribution in [0, 0.1) is 0 Å². The maximum Gasteiger partial charge on any atom is 0.456 e. The molecule has 0 fully saturated rings. The van der Waals surface area contributed by atoms with E-state index in [1.54, 1.807) is 25.3 Å². The van der Waals surface area contributed by atoms with Crippen LogP contribution >= 0.6 is 0 Å². The molecule has 0 saturated heterocycles. The number of alkyl halides is 5. The summed E-state index contributed by atoms with van der Waals surface area (Å²) in [5.74, 6) is -5.38. The van der Waals surface area contributed by atoms with Crippen molar-refractivity contribution in [3.63, 3.8) is 0 Å². The highest BCUT2D eigenvalue weighted by Gasteiger charge is 2.58. The molecule has 0 amide bonds. The molecule has 0 N–H and O–H groups in total. The maximum atomic E-state index is 13.5. The third-order valence-corrected chi connectivity index (χ3v) is 8.23. The van der Waals surface area contributed by atoms with Crippen LogP contribution in [0.3, 0.4) is 0 Å². The van der Waals surface area contributed by atoms with Crippen molar-refractivity contribution in [3.8, 4) is 11.5 Å². The average Bonchev–Trinajstić information content (AvgIpc) is 3.22. The summed E-state index contributed by atoms with van der Waals surface area (Å²) >= 11 is 0. The lowest BCUT2D eigenvalue weighted by atomic mass is 10.0. The number of esters is 1. The zero-order valence-corrected chi connectivity index (χ0v) is 22.8. The van der Waals surface area contributed by atoms with E-state index in [4.69, 9.17) is 14.2 Å². The molecule has 214 valence electrons. The Balaban J connectivity index is 1.80. The van der Waals surface area contributed by atoms with Gasteiger partial charge in [0.1, 0.15) is 28.7 Å². The van der Waals surface area contributed by atoms with E-state index in [1.165, 1.54) is 12.1 Å². The maximum absolute atomic E-state index is 13.5. The van der Waals surface area contributed by atoms with E-state index in [-0.39, 0.29) is 12.2 Å². The average molecular weight is 584 g/mol. The molecular weight excluding hydrogens is 555 g/mol. The predicted molar refractivity (Wildman–Crippen MR) is 139 cm³/mol. The van der Waals surface area contributed by atoms with Crippen molar-refractivity contribution < 1.29 is 45.7 Å². The van der Waals surface area contributed by atoms with Crippen LogP contribution in [0.2, 0.25) is 0 Å². The van der Waals surface area contributed by atoms with Gasteiger partial charge < -0.3 is 18.9 Å². The molecule has 40 heavy (non-hydrogen) atoms. The molecule has 1 aliphatic rings. The second-order valence-electron chi connectivity index (χ2n) is 9.68. The third kappa shape index (κ3) is 6.52. The number of ether oxygens (including phenoxy) is 4. The van der Waals surface area contributed by atoms with E-state index in [0.29, 0.717) is 29.4 Å². The van der Waals surface area contributed by atoms with Gasteiger partial charge in [-0.05, 0) is 38.1 Å². The fourth-order valence-electron chi connectivity index (χ4n) is 4.19. The van der Waals surface area contributed by atoms with Gasteiger partial charge in [-0.1, -0.05) is 30.3 Å². The van der Waals surface area contributed by atoms with Crippen molar-refractivity contribution in [2.45, 2.75) is 52.7 Å². The Morgan fingerprint density at radius 1 is 0.950 bits per heavy atom. The Bertz CT molecular complexity index is 1340. The van der Waals surface area contributed by atoms with Crippen molar-refractivity contribution in [3.05, 3.63) is 77.9 Å². The Morgan fingerprint density at radius 3 is 2.30 bits per heavy atom. The first-order valence-corrected chi connectivity index (χ1v) is 13.5. The highest BCUT2D eigenvalue weighted by molar-refractivity contribution is 7.97. The van der Waals surface area contributed by atoms with Crippen molar-refractivity contribution in [1.29, 1.82) is 0 Å². The van der Waals surface area contributed by atoms with Gasteiger partial charge >= 0.3 is 18.1 Å². The van der Waals surface area contributed by atoms with Gasteiger partial charge in [-0.15, -0.1) is 0 Å². The molecule has 1 aliphatic heterocycles. The molecule has 0 saturated carbocycles. The molecule has 1 atom stereocenters. The molecule has 3 aromatic carbocycles. The lowest BCUT2D eigenvalue weighted by Gasteiger charge is -2.19. The van der Waals surface area contributed by atoms with Gasteiger partial charge in [0.05, 0.1) is 6.61 Å². The van der Waals surface area contributed by atoms with Crippen molar-refractivity contribution in [2.24, 2.45) is 0 Å². The molecule has 0 spiro atoms. The van der Waals surface area contributed by atoms with Crippen LogP contribution < -0.4 is 9.47 Å². The van der Waals surface area contributed by atoms with Crippen LogP contribution in [-0.4, -0.2) is 50.6 Å². The lowest BCUT2D eigenvalue weighted by Crippen LogP contribution is -2.41. The standard InChI is InChI=1S/C29H28F5O5S/c1-27(2)17-19-15-21(16-23(25(19)39-27)37-14-13-36-3)40(20-9-5-4-6-10-20)24-12-8-7-11-22(24)26(35)38-18-28(30,31)29(32,33)34/h4-12,15-16H,13-14,17-18H2,1-3H3/q+1. The number of carbonyl (C=O) groups is 1. The second-order valence-corrected chi connectivity index (χ2v) is 11.7. The SMILES string of the molecule is COCCOc1cc([S+](c2ccccc2)c2ccccc2C(=O)OCC(F)(F)C(F)(F)F)cc2c1OC(C)(C)C2. The van der Waals surface area contributed by atoms with E-state index in [1.807, 2.05) is 50.2 Å². The molecule has 1 heterocycles. The number of fused-ring (bicyclic) bond motifs is 1. The molecule has 11 heteroatoms. The van der Waals surface area contributed by atoms with Crippen LogP contribution in [0.4, 0.5) is 22.0 Å². The predicted octanol–water partition coefficient (Wildman–Crippen LogP) is 6.88. The molecule has 1 unspecified atom stereocenters. The summed E-state index contributed by atoms with van der Waals surface area (Å²) in [7, 11) is 0.552. The summed E-state index contributed by atoms with van der Waals surface area (Å²) in [6.07, 6.45) is -5.26. The highest BCUT2D eigenvalue weighted by Crippen LogP contribution is 2.46. The first kappa shape index (κ1) is 29.7. The molecule has 4 rings (SSSR count). The van der Waals surface area contributed by atoms with E-state index in [9.17, 15) is 26.7 Å². The number of methoxy groups -OCH3 is 1.